The van der Waals surface area contributed by atoms with Gasteiger partial charge in [0.05, 0.1) is 11.6 Å². The maximum Gasteiger partial charge on any atom is 0.222 e. The standard InChI is InChI=1S/C17H22ClN3O2/c1-11-14(18)10-19-17-16(11)23-8-5-13-9-12(4-7-21(13)17)20-6-2-3-15(20)22/h10,12-13H,2-9H2,1H3. The van der Waals surface area contributed by atoms with Crippen molar-refractivity contribution in [2.75, 3.05) is 24.6 Å². The monoisotopic (exact) mass is 335 g/mol. The van der Waals surface area contributed by atoms with E-state index in [1.807, 2.05) is 6.92 Å². The smallest absolute Gasteiger partial charge is 0.222 e. The van der Waals surface area contributed by atoms with Crippen molar-refractivity contribution in [1.82, 2.24) is 9.88 Å². The number of carbonyl (C=O) groups is 1. The van der Waals surface area contributed by atoms with Gasteiger partial charge >= 0.3 is 0 Å². The van der Waals surface area contributed by atoms with E-state index in [9.17, 15) is 4.79 Å². The third kappa shape index (κ3) is 2.55. The first-order chi connectivity index (χ1) is 11.1. The van der Waals surface area contributed by atoms with Crippen LogP contribution in [0.4, 0.5) is 5.82 Å². The molecule has 1 aromatic rings. The first-order valence-corrected chi connectivity index (χ1v) is 8.87. The van der Waals surface area contributed by atoms with Crippen LogP contribution in [0.1, 0.15) is 37.7 Å². The van der Waals surface area contributed by atoms with Crippen LogP contribution in [0.3, 0.4) is 0 Å². The van der Waals surface area contributed by atoms with Crippen molar-refractivity contribution in [2.24, 2.45) is 0 Å². The summed E-state index contributed by atoms with van der Waals surface area (Å²) in [4.78, 5) is 21.1. The van der Waals surface area contributed by atoms with E-state index in [1.165, 1.54) is 0 Å². The number of anilines is 1. The summed E-state index contributed by atoms with van der Waals surface area (Å²) in [5.74, 6) is 2.07. The minimum Gasteiger partial charge on any atom is -0.489 e. The van der Waals surface area contributed by atoms with Gasteiger partial charge in [0.1, 0.15) is 0 Å². The minimum absolute atomic E-state index is 0.328. The SMILES string of the molecule is Cc1c(Cl)cnc2c1OCCC1CC(N3CCCC3=O)CCN21. The van der Waals surface area contributed by atoms with Crippen molar-refractivity contribution in [3.05, 3.63) is 16.8 Å². The molecular formula is C17H22ClN3O2. The normalized spacial score (nSPS) is 27.3. The Balaban J connectivity index is 1.59. The molecule has 0 bridgehead atoms. The molecule has 0 N–H and O–H groups in total. The molecule has 0 saturated carbocycles. The number of nitrogens with zero attached hydrogens (tertiary/aromatic N) is 3. The first kappa shape index (κ1) is 15.1. The molecule has 124 valence electrons. The second kappa shape index (κ2) is 5.86. The number of hydrogen-bond donors (Lipinski definition) is 0. The van der Waals surface area contributed by atoms with E-state index in [0.29, 0.717) is 29.6 Å². The zero-order chi connectivity index (χ0) is 16.0. The average molecular weight is 336 g/mol. The molecule has 1 amide bonds. The van der Waals surface area contributed by atoms with Gasteiger partial charge in [-0.2, -0.15) is 0 Å². The molecule has 4 rings (SSSR count). The van der Waals surface area contributed by atoms with Crippen molar-refractivity contribution in [1.29, 1.82) is 0 Å². The van der Waals surface area contributed by atoms with E-state index in [-0.39, 0.29) is 0 Å². The van der Waals surface area contributed by atoms with Crippen molar-refractivity contribution >= 4 is 23.3 Å². The number of piperidine rings is 1. The molecule has 3 aliphatic heterocycles. The van der Waals surface area contributed by atoms with Gasteiger partial charge in [-0.3, -0.25) is 4.79 Å². The van der Waals surface area contributed by atoms with Crippen molar-refractivity contribution in [3.8, 4) is 5.75 Å². The molecule has 0 aromatic carbocycles. The van der Waals surface area contributed by atoms with Gasteiger partial charge < -0.3 is 14.5 Å². The lowest BCUT2D eigenvalue weighted by atomic mass is 9.94. The third-order valence-electron chi connectivity index (χ3n) is 5.41. The molecular weight excluding hydrogens is 314 g/mol. The highest BCUT2D eigenvalue weighted by Gasteiger charge is 2.38. The highest BCUT2D eigenvalue weighted by atomic mass is 35.5. The summed E-state index contributed by atoms with van der Waals surface area (Å²) in [6, 6.07) is 0.762. The topological polar surface area (TPSA) is 45.7 Å². The van der Waals surface area contributed by atoms with Gasteiger partial charge in [-0.1, -0.05) is 11.6 Å². The molecule has 0 radical (unpaired) electrons. The second-order valence-corrected chi connectivity index (χ2v) is 7.14. The van der Waals surface area contributed by atoms with Gasteiger partial charge in [-0.05, 0) is 26.2 Å². The Morgan fingerprint density at radius 2 is 2.09 bits per heavy atom. The number of fused-ring (bicyclic) bond motifs is 3. The lowest BCUT2D eigenvalue weighted by Gasteiger charge is -2.42. The molecule has 5 nitrogen and oxygen atoms in total. The van der Waals surface area contributed by atoms with Crippen LogP contribution in [-0.4, -0.2) is 47.6 Å². The van der Waals surface area contributed by atoms with E-state index in [4.69, 9.17) is 16.3 Å². The molecule has 2 saturated heterocycles. The zero-order valence-corrected chi connectivity index (χ0v) is 14.2. The van der Waals surface area contributed by atoms with E-state index >= 15 is 0 Å². The van der Waals surface area contributed by atoms with Gasteiger partial charge in [0.2, 0.25) is 5.91 Å². The van der Waals surface area contributed by atoms with Crippen molar-refractivity contribution in [2.45, 2.75) is 51.1 Å². The van der Waals surface area contributed by atoms with Crippen LogP contribution in [0, 0.1) is 6.92 Å². The van der Waals surface area contributed by atoms with Crippen LogP contribution in [0.15, 0.2) is 6.20 Å². The average Bonchev–Trinajstić information content (AvgIpc) is 2.89. The van der Waals surface area contributed by atoms with Crippen LogP contribution >= 0.6 is 11.6 Å². The predicted molar refractivity (Wildman–Crippen MR) is 89.2 cm³/mol. The number of aromatic nitrogens is 1. The van der Waals surface area contributed by atoms with E-state index in [2.05, 4.69) is 14.8 Å². The van der Waals surface area contributed by atoms with Crippen LogP contribution in [0.5, 0.6) is 5.75 Å². The molecule has 2 fully saturated rings. The highest BCUT2D eigenvalue weighted by Crippen LogP contribution is 2.40. The summed E-state index contributed by atoms with van der Waals surface area (Å²) in [6.45, 7) is 4.51. The van der Waals surface area contributed by atoms with Crippen molar-refractivity contribution in [3.63, 3.8) is 0 Å². The van der Waals surface area contributed by atoms with Gasteiger partial charge in [0, 0.05) is 49.8 Å². The number of likely N-dealkylation sites (tertiary alicyclic amines) is 1. The zero-order valence-electron chi connectivity index (χ0n) is 13.4. The molecule has 6 heteroatoms. The highest BCUT2D eigenvalue weighted by molar-refractivity contribution is 6.31. The van der Waals surface area contributed by atoms with Gasteiger partial charge in [0.25, 0.3) is 0 Å². The van der Waals surface area contributed by atoms with Gasteiger partial charge in [0.15, 0.2) is 11.6 Å². The lowest BCUT2D eigenvalue weighted by Crippen LogP contribution is -2.50. The molecule has 0 spiro atoms. The number of carbonyl (C=O) groups excluding carboxylic acids is 1. The first-order valence-electron chi connectivity index (χ1n) is 8.49. The Hall–Kier alpha value is -1.49. The molecule has 23 heavy (non-hydrogen) atoms. The Bertz CT molecular complexity index is 637. The van der Waals surface area contributed by atoms with E-state index in [1.54, 1.807) is 6.20 Å². The second-order valence-electron chi connectivity index (χ2n) is 6.74. The number of halogens is 1. The Kier molecular flexibility index (Phi) is 3.84. The van der Waals surface area contributed by atoms with E-state index < -0.39 is 0 Å². The number of rotatable bonds is 1. The predicted octanol–water partition coefficient (Wildman–Crippen LogP) is 2.79. The molecule has 2 atom stereocenters. The van der Waals surface area contributed by atoms with Gasteiger partial charge in [-0.15, -0.1) is 0 Å². The summed E-state index contributed by atoms with van der Waals surface area (Å²) in [7, 11) is 0. The number of hydrogen-bond acceptors (Lipinski definition) is 4. The summed E-state index contributed by atoms with van der Waals surface area (Å²) in [6.07, 6.45) is 6.43. The number of ether oxygens (including phenoxy) is 1. The number of pyridine rings is 1. The third-order valence-corrected chi connectivity index (χ3v) is 5.79. The summed E-state index contributed by atoms with van der Waals surface area (Å²) < 4.78 is 5.96. The molecule has 1 aromatic heterocycles. The fourth-order valence-electron chi connectivity index (χ4n) is 4.14. The molecule has 3 aliphatic rings. The van der Waals surface area contributed by atoms with Crippen molar-refractivity contribution < 1.29 is 9.53 Å². The fourth-order valence-corrected chi connectivity index (χ4v) is 4.28. The Morgan fingerprint density at radius 1 is 1.26 bits per heavy atom. The fraction of sp³-hybridized carbons (Fsp3) is 0.647. The summed E-state index contributed by atoms with van der Waals surface area (Å²) in [5, 5.41) is 0.653. The van der Waals surface area contributed by atoms with E-state index in [0.717, 1.165) is 62.3 Å². The minimum atomic E-state index is 0.328. The van der Waals surface area contributed by atoms with Crippen LogP contribution in [0.2, 0.25) is 5.02 Å². The molecule has 0 aliphatic carbocycles. The molecule has 4 heterocycles. The Morgan fingerprint density at radius 3 is 2.87 bits per heavy atom. The van der Waals surface area contributed by atoms with Crippen LogP contribution < -0.4 is 9.64 Å². The Labute approximate surface area is 141 Å². The maximum atomic E-state index is 12.0. The maximum absolute atomic E-state index is 12.0. The van der Waals surface area contributed by atoms with Gasteiger partial charge in [-0.25, -0.2) is 4.98 Å². The largest absolute Gasteiger partial charge is 0.489 e. The van der Waals surface area contributed by atoms with Crippen LogP contribution in [-0.2, 0) is 4.79 Å². The summed E-state index contributed by atoms with van der Waals surface area (Å²) in [5.41, 5.74) is 0.967. The summed E-state index contributed by atoms with van der Waals surface area (Å²) >= 11 is 6.19. The number of amides is 1. The quantitative estimate of drug-likeness (QED) is 0.791. The lowest BCUT2D eigenvalue weighted by molar-refractivity contribution is -0.130. The van der Waals surface area contributed by atoms with Crippen LogP contribution in [0.25, 0.3) is 0 Å². The molecule has 2 unspecified atom stereocenters.